The van der Waals surface area contributed by atoms with Crippen molar-refractivity contribution in [1.82, 2.24) is 15.6 Å². The second kappa shape index (κ2) is 8.08. The normalized spacial score (nSPS) is 12.2. The summed E-state index contributed by atoms with van der Waals surface area (Å²) < 4.78 is 26.9. The second-order valence-electron chi connectivity index (χ2n) is 4.95. The third-order valence-electron chi connectivity index (χ3n) is 3.21. The molecular weight excluding hydrogens is 364 g/mol. The lowest BCUT2D eigenvalue weighted by atomic mass is 10.3. The Morgan fingerprint density at radius 1 is 1.28 bits per heavy atom. The fourth-order valence-electron chi connectivity index (χ4n) is 2.03. The molecule has 25 heavy (non-hydrogen) atoms. The number of carbonyl (C=O) groups is 2. The van der Waals surface area contributed by atoms with Crippen LogP contribution in [0.3, 0.4) is 0 Å². The van der Waals surface area contributed by atoms with Gasteiger partial charge < -0.3 is 5.32 Å². The number of nitrogens with zero attached hydrogens (tertiary/aromatic N) is 2. The fourth-order valence-corrected chi connectivity index (χ4v) is 4.58. The van der Waals surface area contributed by atoms with E-state index >= 15 is 0 Å². The topological polar surface area (TPSA) is 108 Å². The van der Waals surface area contributed by atoms with Crippen LogP contribution in [0, 0.1) is 0 Å². The summed E-state index contributed by atoms with van der Waals surface area (Å²) in [6, 6.07) is 5.89. The van der Waals surface area contributed by atoms with Crippen molar-refractivity contribution in [3.63, 3.8) is 0 Å². The molecule has 0 saturated carbocycles. The van der Waals surface area contributed by atoms with E-state index in [1.54, 1.807) is 30.5 Å². The molecule has 1 heterocycles. The Hall–Kier alpha value is -2.46. The molecule has 8 nitrogen and oxygen atoms in total. The Kier molecular flexibility index (Phi) is 6.10. The van der Waals surface area contributed by atoms with Crippen molar-refractivity contribution in [2.45, 2.75) is 24.8 Å². The molecule has 1 atom stereocenters. The van der Waals surface area contributed by atoms with Crippen molar-refractivity contribution in [2.24, 2.45) is 0 Å². The molecule has 2 N–H and O–H groups in total. The maximum absolute atomic E-state index is 13.0. The molecule has 0 spiro atoms. The molecule has 2 aromatic rings. The highest BCUT2D eigenvalue weighted by molar-refractivity contribution is 7.93. The van der Waals surface area contributed by atoms with Gasteiger partial charge >= 0.3 is 6.03 Å². The van der Waals surface area contributed by atoms with Gasteiger partial charge in [0, 0.05) is 18.1 Å². The number of sulfonamides is 1. The SMILES string of the molecule is CCNC(=O)NC(=O)C(C)N(c1nccs1)S(=O)(=O)c1ccccc1. The summed E-state index contributed by atoms with van der Waals surface area (Å²) in [6.07, 6.45) is 1.45. The number of imide groups is 1. The predicted molar refractivity (Wildman–Crippen MR) is 94.9 cm³/mol. The third kappa shape index (κ3) is 4.34. The molecule has 0 fully saturated rings. The maximum Gasteiger partial charge on any atom is 0.321 e. The smallest absolute Gasteiger partial charge is 0.321 e. The molecule has 0 aliphatic heterocycles. The molecule has 1 aromatic heterocycles. The molecule has 0 saturated heterocycles. The molecule has 1 unspecified atom stereocenters. The van der Waals surface area contributed by atoms with Gasteiger partial charge in [-0.1, -0.05) is 18.2 Å². The molecule has 1 aromatic carbocycles. The minimum Gasteiger partial charge on any atom is -0.338 e. The van der Waals surface area contributed by atoms with Gasteiger partial charge in [0.2, 0.25) is 0 Å². The van der Waals surface area contributed by atoms with Gasteiger partial charge in [0.15, 0.2) is 5.13 Å². The van der Waals surface area contributed by atoms with E-state index in [1.807, 2.05) is 0 Å². The molecular formula is C15H18N4O4S2. The molecule has 10 heteroatoms. The van der Waals surface area contributed by atoms with Gasteiger partial charge in [-0.2, -0.15) is 0 Å². The Morgan fingerprint density at radius 3 is 2.52 bits per heavy atom. The summed E-state index contributed by atoms with van der Waals surface area (Å²) in [6.45, 7) is 3.44. The highest BCUT2D eigenvalue weighted by Gasteiger charge is 2.35. The molecule has 0 bridgehead atoms. The first kappa shape index (κ1) is 18.9. The monoisotopic (exact) mass is 382 g/mol. The van der Waals surface area contributed by atoms with E-state index < -0.39 is 28.0 Å². The lowest BCUT2D eigenvalue weighted by Crippen LogP contribution is -2.51. The summed E-state index contributed by atoms with van der Waals surface area (Å²) >= 11 is 1.08. The molecule has 0 aliphatic rings. The number of urea groups is 1. The number of aromatic nitrogens is 1. The minimum atomic E-state index is -4.03. The minimum absolute atomic E-state index is 0.0304. The van der Waals surface area contributed by atoms with Crippen molar-refractivity contribution in [2.75, 3.05) is 10.8 Å². The summed E-state index contributed by atoms with van der Waals surface area (Å²) in [5, 5.41) is 6.30. The van der Waals surface area contributed by atoms with Crippen LogP contribution in [-0.2, 0) is 14.8 Å². The van der Waals surface area contributed by atoms with Crippen LogP contribution in [-0.4, -0.2) is 37.9 Å². The van der Waals surface area contributed by atoms with Gasteiger partial charge in [-0.05, 0) is 26.0 Å². The summed E-state index contributed by atoms with van der Waals surface area (Å²) in [5.74, 6) is -0.749. The molecule has 3 amide bonds. The highest BCUT2D eigenvalue weighted by Crippen LogP contribution is 2.27. The first-order valence-electron chi connectivity index (χ1n) is 7.45. The van der Waals surface area contributed by atoms with Crippen LogP contribution in [0.15, 0.2) is 46.8 Å². The number of rotatable bonds is 6. The molecule has 0 aliphatic carbocycles. The van der Waals surface area contributed by atoms with E-state index in [2.05, 4.69) is 15.6 Å². The number of benzene rings is 1. The quantitative estimate of drug-likeness (QED) is 0.788. The van der Waals surface area contributed by atoms with E-state index in [4.69, 9.17) is 0 Å². The van der Waals surface area contributed by atoms with Crippen LogP contribution in [0.4, 0.5) is 9.93 Å². The Balaban J connectivity index is 2.38. The zero-order chi connectivity index (χ0) is 18.4. The first-order valence-corrected chi connectivity index (χ1v) is 9.77. The van der Waals surface area contributed by atoms with Crippen LogP contribution in [0.1, 0.15) is 13.8 Å². The Labute approximate surface area is 149 Å². The molecule has 2 rings (SSSR count). The van der Waals surface area contributed by atoms with E-state index in [1.165, 1.54) is 25.3 Å². The van der Waals surface area contributed by atoms with Crippen molar-refractivity contribution in [1.29, 1.82) is 0 Å². The number of hydrogen-bond donors (Lipinski definition) is 2. The zero-order valence-corrected chi connectivity index (χ0v) is 15.3. The van der Waals surface area contributed by atoms with Crippen molar-refractivity contribution >= 4 is 38.4 Å². The molecule has 0 radical (unpaired) electrons. The number of amides is 3. The van der Waals surface area contributed by atoms with Crippen LogP contribution >= 0.6 is 11.3 Å². The Bertz CT molecular complexity index is 822. The average Bonchev–Trinajstić information content (AvgIpc) is 3.09. The van der Waals surface area contributed by atoms with Crippen molar-refractivity contribution in [3.05, 3.63) is 41.9 Å². The fraction of sp³-hybridized carbons (Fsp3) is 0.267. The number of carbonyl (C=O) groups excluding carboxylic acids is 2. The maximum atomic E-state index is 13.0. The van der Waals surface area contributed by atoms with E-state index in [9.17, 15) is 18.0 Å². The van der Waals surface area contributed by atoms with Gasteiger partial charge in [-0.25, -0.2) is 22.5 Å². The summed E-state index contributed by atoms with van der Waals surface area (Å²) in [4.78, 5) is 27.9. The zero-order valence-electron chi connectivity index (χ0n) is 13.7. The van der Waals surface area contributed by atoms with Crippen LogP contribution in [0.2, 0.25) is 0 Å². The van der Waals surface area contributed by atoms with E-state index in [-0.39, 0.29) is 10.0 Å². The average molecular weight is 382 g/mol. The van der Waals surface area contributed by atoms with E-state index in [0.29, 0.717) is 6.54 Å². The van der Waals surface area contributed by atoms with Gasteiger partial charge in [0.25, 0.3) is 15.9 Å². The lowest BCUT2D eigenvalue weighted by molar-refractivity contribution is -0.120. The summed E-state index contributed by atoms with van der Waals surface area (Å²) in [7, 11) is -4.03. The standard InChI is InChI=1S/C15H18N4O4S2/c1-3-16-14(21)18-13(20)11(2)19(15-17-9-10-24-15)25(22,23)12-7-5-4-6-8-12/h4-11H,3H2,1-2H3,(H2,16,18,20,21). The highest BCUT2D eigenvalue weighted by atomic mass is 32.2. The van der Waals surface area contributed by atoms with Gasteiger partial charge in [0.1, 0.15) is 6.04 Å². The molecule has 134 valence electrons. The Morgan fingerprint density at radius 2 is 1.96 bits per heavy atom. The number of nitrogens with one attached hydrogen (secondary N) is 2. The second-order valence-corrected chi connectivity index (χ2v) is 7.64. The predicted octanol–water partition coefficient (Wildman–Crippen LogP) is 1.57. The van der Waals surface area contributed by atoms with Crippen LogP contribution < -0.4 is 14.9 Å². The third-order valence-corrected chi connectivity index (χ3v) is 5.97. The van der Waals surface area contributed by atoms with Crippen molar-refractivity contribution in [3.8, 4) is 0 Å². The van der Waals surface area contributed by atoms with Gasteiger partial charge in [-0.15, -0.1) is 11.3 Å². The number of hydrogen-bond acceptors (Lipinski definition) is 6. The van der Waals surface area contributed by atoms with E-state index in [0.717, 1.165) is 15.6 Å². The summed E-state index contributed by atoms with van der Waals surface area (Å²) in [5.41, 5.74) is 0. The van der Waals surface area contributed by atoms with Crippen molar-refractivity contribution < 1.29 is 18.0 Å². The lowest BCUT2D eigenvalue weighted by Gasteiger charge is -2.27. The largest absolute Gasteiger partial charge is 0.338 e. The first-order chi connectivity index (χ1) is 11.9. The van der Waals surface area contributed by atoms with Gasteiger partial charge in [0.05, 0.1) is 4.90 Å². The van der Waals surface area contributed by atoms with Crippen LogP contribution in [0.5, 0.6) is 0 Å². The van der Waals surface area contributed by atoms with Gasteiger partial charge in [-0.3, -0.25) is 10.1 Å². The number of anilines is 1. The van der Waals surface area contributed by atoms with Crippen LogP contribution in [0.25, 0.3) is 0 Å². The number of thiazole rings is 1.